The van der Waals surface area contributed by atoms with Crippen LogP contribution in [0, 0.1) is 35.5 Å². The summed E-state index contributed by atoms with van der Waals surface area (Å²) in [6, 6.07) is -13.0. The number of hydrogen-bond acceptors (Lipinski definition) is 16. The van der Waals surface area contributed by atoms with Gasteiger partial charge in [0.2, 0.25) is 59.1 Å². The van der Waals surface area contributed by atoms with E-state index < -0.39 is 155 Å². The molecule has 0 spiro atoms. The van der Waals surface area contributed by atoms with Gasteiger partial charge in [-0.25, -0.2) is 0 Å². The van der Waals surface area contributed by atoms with Gasteiger partial charge in [0.15, 0.2) is 5.37 Å². The number of hydrogen-bond donors (Lipinski definition) is 5. The summed E-state index contributed by atoms with van der Waals surface area (Å²) in [5, 5.41) is 22.1. The lowest BCUT2D eigenvalue weighted by molar-refractivity contribution is -0.157. The van der Waals surface area contributed by atoms with Crippen molar-refractivity contribution >= 4 is 76.7 Å². The zero-order chi connectivity index (χ0) is 73.9. The minimum atomic E-state index is -1.65. The Morgan fingerprint density at radius 2 is 1.00 bits per heavy atom. The molecular weight excluding hydrogens is 1250 g/mol. The van der Waals surface area contributed by atoms with Crippen molar-refractivity contribution in [3.05, 3.63) is 12.2 Å². The Morgan fingerprint density at radius 1 is 0.521 bits per heavy atom. The highest BCUT2D eigenvalue weighted by Crippen LogP contribution is 2.27. The molecule has 0 aromatic carbocycles. The van der Waals surface area contributed by atoms with Crippen LogP contribution in [0.2, 0.25) is 0 Å². The normalized spacial score (nSPS) is 26.0. The second-order valence-corrected chi connectivity index (χ2v) is 29.0. The van der Waals surface area contributed by atoms with E-state index in [0.717, 1.165) is 34.7 Å². The van der Waals surface area contributed by atoms with Crippen molar-refractivity contribution in [2.45, 2.75) is 228 Å². The molecule has 0 aliphatic carbocycles. The summed E-state index contributed by atoms with van der Waals surface area (Å²) >= 11 is 1.16. The lowest BCUT2D eigenvalue weighted by Crippen LogP contribution is -2.64. The smallest absolute Gasteiger partial charge is 0.256 e. The number of rotatable bonds is 25. The van der Waals surface area contributed by atoms with Gasteiger partial charge in [-0.05, 0) is 120 Å². The summed E-state index contributed by atoms with van der Waals surface area (Å²) in [6.07, 6.45) is 3.33. The van der Waals surface area contributed by atoms with Gasteiger partial charge in [-0.15, -0.1) is 11.8 Å². The van der Waals surface area contributed by atoms with E-state index in [1.807, 2.05) is 61.5 Å². The van der Waals surface area contributed by atoms with Crippen LogP contribution in [-0.2, 0) is 62.2 Å². The molecule has 0 aromatic rings. The van der Waals surface area contributed by atoms with E-state index in [0.29, 0.717) is 25.1 Å². The summed E-state index contributed by atoms with van der Waals surface area (Å²) in [5.41, 5.74) is 0. The molecule has 1 heterocycles. The highest BCUT2D eigenvalue weighted by atomic mass is 32.2. The number of aliphatic hydroxyl groups excluding tert-OH is 1. The van der Waals surface area contributed by atoms with E-state index >= 15 is 28.8 Å². The Kier molecular flexibility index (Phi) is 39.3. The highest BCUT2D eigenvalue weighted by Gasteiger charge is 2.46. The zero-order valence-corrected chi connectivity index (χ0v) is 63.8. The maximum absolute atomic E-state index is 15.4. The Labute approximate surface area is 579 Å². The van der Waals surface area contributed by atoms with E-state index in [4.69, 9.17) is 9.47 Å². The van der Waals surface area contributed by atoms with Crippen LogP contribution in [0.25, 0.3) is 0 Å². The van der Waals surface area contributed by atoms with Gasteiger partial charge in [-0.2, -0.15) is 0 Å². The number of carbonyl (C=O) groups is 11. The minimum absolute atomic E-state index is 0.0136. The first-order chi connectivity index (χ1) is 44.8. The number of amides is 11. The van der Waals surface area contributed by atoms with Crippen molar-refractivity contribution in [3.63, 3.8) is 0 Å². The number of nitrogens with zero attached hydrogens (tertiary/aromatic N) is 8. The lowest BCUT2D eigenvalue weighted by atomic mass is 9.91. The molecule has 1 rings (SSSR count). The second kappa shape index (κ2) is 42.8. The molecule has 13 atom stereocenters. The van der Waals surface area contributed by atoms with Crippen LogP contribution in [-0.4, -0.2) is 283 Å². The van der Waals surface area contributed by atoms with Crippen molar-refractivity contribution in [2.24, 2.45) is 35.5 Å². The van der Waals surface area contributed by atoms with Crippen LogP contribution in [0.5, 0.6) is 0 Å². The number of thioether (sulfide) groups is 1. The molecule has 5 N–H and O–H groups in total. The van der Waals surface area contributed by atoms with Crippen molar-refractivity contribution in [3.8, 4) is 0 Å². The Hall–Kier alpha value is -5.90. The lowest BCUT2D eigenvalue weighted by Gasteiger charge is -2.41. The van der Waals surface area contributed by atoms with Gasteiger partial charge in [0.05, 0.1) is 25.9 Å². The van der Waals surface area contributed by atoms with E-state index in [1.165, 1.54) is 94.8 Å². The van der Waals surface area contributed by atoms with Crippen LogP contribution in [0.1, 0.15) is 156 Å². The molecular formula is C69H126N12O14S. The summed E-state index contributed by atoms with van der Waals surface area (Å²) in [5.74, 6) is -9.77. The second-order valence-electron chi connectivity index (χ2n) is 27.8. The van der Waals surface area contributed by atoms with E-state index in [-0.39, 0.29) is 63.3 Å². The number of ether oxygens (including phenoxy) is 2. The van der Waals surface area contributed by atoms with Crippen molar-refractivity contribution in [2.75, 3.05) is 102 Å². The Bertz CT molecular complexity index is 2550. The molecule has 1 aliphatic heterocycles. The molecule has 96 heavy (non-hydrogen) atoms. The number of allylic oxidation sites excluding steroid dienone is 2. The van der Waals surface area contributed by atoms with Gasteiger partial charge >= 0.3 is 0 Å². The average molecular weight is 1380 g/mol. The number of likely N-dealkylation sites (N-methyl/N-ethyl adjacent to an activating group) is 7. The molecule has 0 unspecified atom stereocenters. The summed E-state index contributed by atoms with van der Waals surface area (Å²) in [7, 11) is 11.4. The number of aliphatic hydroxyl groups is 1. The first-order valence-corrected chi connectivity index (χ1v) is 35.6. The molecule has 1 aliphatic rings. The molecule has 1 fully saturated rings. The molecule has 0 bridgehead atoms. The maximum atomic E-state index is 15.4. The van der Waals surface area contributed by atoms with Crippen molar-refractivity contribution in [1.82, 2.24) is 60.5 Å². The molecule has 26 nitrogen and oxygen atoms in total. The van der Waals surface area contributed by atoms with Crippen LogP contribution >= 0.6 is 11.8 Å². The van der Waals surface area contributed by atoms with Crippen LogP contribution < -0.4 is 21.3 Å². The topological polar surface area (TPSA) is 300 Å². The maximum Gasteiger partial charge on any atom is 0.256 e. The molecule has 0 aromatic heterocycles. The molecule has 27 heteroatoms. The molecule has 11 amide bonds. The van der Waals surface area contributed by atoms with Gasteiger partial charge in [0.25, 0.3) is 5.91 Å². The van der Waals surface area contributed by atoms with E-state index in [2.05, 4.69) is 26.2 Å². The number of carbonyl (C=O) groups excluding carboxylic acids is 11. The molecule has 1 saturated heterocycles. The average Bonchev–Trinajstić information content (AvgIpc) is 0.873. The molecule has 0 radical (unpaired) electrons. The first kappa shape index (κ1) is 88.1. The van der Waals surface area contributed by atoms with Crippen molar-refractivity contribution < 1.29 is 67.3 Å². The highest BCUT2D eigenvalue weighted by molar-refractivity contribution is 8.00. The first-order valence-electron chi connectivity index (χ1n) is 34.5. The predicted octanol–water partition coefficient (Wildman–Crippen LogP) is 3.68. The summed E-state index contributed by atoms with van der Waals surface area (Å²) in [4.78, 5) is 175. The van der Waals surface area contributed by atoms with Gasteiger partial charge < -0.3 is 75.0 Å². The number of nitrogens with one attached hydrogen (secondary N) is 4. The standard InChI is InChI=1S/C69H126N12O14S/c1-26-30-32-46(15)57(82)56-61(86)72-49(27-2)63(88)80(24)69(96-36-31-33-81(28-3)29-4)68(93)77(21)53(40-95-35-34-94-25)60(85)73-54(44(11)12)66(91)74(18)50(37-41(5)6)59(84)70-47(16)58(83)71-48(17)62(87)75(19)51(38-42(7)8)64(89)76(20)52(39-43(9)10)65(90)78(22)55(45(13)14)67(92)79(56)23/h26,30,41-57,69,82H,27-29,31-40H2,1-25H3,(H,70,84)(H,71,83)(H,72,86)(H,73,85)/b30-26+/t46-,47+,48-,49+,50+,51+,52+,53+,54+,55+,56+,57-,69-/m1/s1. The zero-order valence-electron chi connectivity index (χ0n) is 63.0. The van der Waals surface area contributed by atoms with Gasteiger partial charge in [-0.1, -0.05) is 109 Å². The Morgan fingerprint density at radius 3 is 1.49 bits per heavy atom. The van der Waals surface area contributed by atoms with Gasteiger partial charge in [-0.3, -0.25) is 52.7 Å². The third kappa shape index (κ3) is 25.8. The number of methoxy groups -OCH3 is 1. The summed E-state index contributed by atoms with van der Waals surface area (Å²) in [6.45, 7) is 32.2. The largest absolute Gasteiger partial charge is 0.390 e. The quantitative estimate of drug-likeness (QED) is 0.0643. The SMILES string of the molecule is C/C=C/C[C@@H](C)[C@@H](O)[C@H]1C(=O)N[C@@H](CC)C(=O)N(C)[C@H](SCCCN(CC)CC)C(=O)N(C)[C@@H](COCCOC)C(=O)N[C@@H](C(C)C)C(=O)N(C)[C@@H](CC(C)C)C(=O)N[C@@H](C)C(=O)N[C@H](C)C(=O)N(C)[C@@H](CC(C)C)C(=O)N(C)[C@@H](CC(C)C)C(=O)N(C)[C@@H](C(C)C)C(=O)N1C. The third-order valence-corrected chi connectivity index (χ3v) is 19.4. The van der Waals surface area contributed by atoms with Gasteiger partial charge in [0, 0.05) is 56.4 Å². The van der Waals surface area contributed by atoms with E-state index in [9.17, 15) is 29.1 Å². The Balaban J connectivity index is 4.58. The minimum Gasteiger partial charge on any atom is -0.390 e. The van der Waals surface area contributed by atoms with Gasteiger partial charge in [0.1, 0.15) is 60.4 Å². The fourth-order valence-corrected chi connectivity index (χ4v) is 12.9. The third-order valence-electron chi connectivity index (χ3n) is 18.0. The van der Waals surface area contributed by atoms with Crippen LogP contribution in [0.4, 0.5) is 0 Å². The monoisotopic (exact) mass is 1380 g/mol. The fourth-order valence-electron chi connectivity index (χ4n) is 11.7. The van der Waals surface area contributed by atoms with Crippen LogP contribution in [0.3, 0.4) is 0 Å². The predicted molar refractivity (Wildman–Crippen MR) is 375 cm³/mol. The van der Waals surface area contributed by atoms with E-state index in [1.54, 1.807) is 54.5 Å². The molecule has 0 saturated carbocycles. The van der Waals surface area contributed by atoms with Crippen LogP contribution in [0.15, 0.2) is 12.2 Å². The molecule has 552 valence electrons. The van der Waals surface area contributed by atoms with Crippen molar-refractivity contribution in [1.29, 1.82) is 0 Å². The fraction of sp³-hybridized carbons (Fsp3) is 0.812. The summed E-state index contributed by atoms with van der Waals surface area (Å²) < 4.78 is 11.2.